The number of H-pyrrole nitrogens is 1. The topological polar surface area (TPSA) is 139 Å². The maximum atomic E-state index is 12.7. The minimum absolute atomic E-state index is 0.0371. The fraction of sp³-hybridized carbons (Fsp3) is 0.375. The number of carbonyl (C=O) groups excluding carboxylic acids is 1. The molecule has 0 aliphatic carbocycles. The molecule has 2 N–H and O–H groups in total. The van der Waals surface area contributed by atoms with Crippen molar-refractivity contribution in [3.05, 3.63) is 41.6 Å². The van der Waals surface area contributed by atoms with Crippen LogP contribution in [-0.2, 0) is 20.7 Å². The summed E-state index contributed by atoms with van der Waals surface area (Å²) in [4.78, 5) is 27.2. The summed E-state index contributed by atoms with van der Waals surface area (Å²) in [6.45, 7) is 3.19. The van der Waals surface area contributed by atoms with Gasteiger partial charge in [0.1, 0.15) is 11.8 Å². The lowest BCUT2D eigenvalue weighted by molar-refractivity contribution is -0.138. The summed E-state index contributed by atoms with van der Waals surface area (Å²) >= 11 is 0. The largest absolute Gasteiger partial charge is 0.483 e. The number of rotatable bonds is 3. The summed E-state index contributed by atoms with van der Waals surface area (Å²) in [7, 11) is 0. The van der Waals surface area contributed by atoms with Crippen LogP contribution in [0.1, 0.15) is 23.2 Å². The van der Waals surface area contributed by atoms with Crippen molar-refractivity contribution in [2.45, 2.75) is 19.4 Å². The number of tetrazole rings is 1. The first-order valence-corrected chi connectivity index (χ1v) is 8.26. The maximum Gasteiger partial charge on any atom is 0.290 e. The zero-order chi connectivity index (χ0) is 19.2. The Balaban J connectivity index is 0.000000659. The number of carboxylic acid groups (broad SMARTS) is 1. The van der Waals surface area contributed by atoms with Crippen molar-refractivity contribution in [2.75, 3.05) is 19.7 Å². The molecule has 4 heterocycles. The van der Waals surface area contributed by atoms with Crippen molar-refractivity contribution in [1.82, 2.24) is 34.9 Å². The summed E-state index contributed by atoms with van der Waals surface area (Å²) in [5, 5.41) is 20.7. The van der Waals surface area contributed by atoms with Gasteiger partial charge in [-0.05, 0) is 18.6 Å². The van der Waals surface area contributed by atoms with E-state index in [4.69, 9.17) is 14.6 Å². The second-order valence-corrected chi connectivity index (χ2v) is 5.89. The molecular formula is C16H19N7O4. The monoisotopic (exact) mass is 373 g/mol. The van der Waals surface area contributed by atoms with Crippen molar-refractivity contribution < 1.29 is 19.4 Å². The summed E-state index contributed by atoms with van der Waals surface area (Å²) < 4.78 is 7.59. The number of imidazole rings is 1. The van der Waals surface area contributed by atoms with Crippen LogP contribution in [0.5, 0.6) is 0 Å². The van der Waals surface area contributed by atoms with Gasteiger partial charge in [0.05, 0.1) is 25.3 Å². The highest BCUT2D eigenvalue weighted by Crippen LogP contribution is 2.19. The molecule has 1 saturated heterocycles. The third-order valence-electron chi connectivity index (χ3n) is 4.21. The lowest BCUT2D eigenvalue weighted by Crippen LogP contribution is -2.43. The van der Waals surface area contributed by atoms with Crippen LogP contribution in [0.2, 0.25) is 0 Å². The normalized spacial score (nSPS) is 16.6. The zero-order valence-corrected chi connectivity index (χ0v) is 14.6. The number of nitrogens with one attached hydrogen (secondary N) is 1. The van der Waals surface area contributed by atoms with Gasteiger partial charge in [-0.3, -0.25) is 9.59 Å². The van der Waals surface area contributed by atoms with Crippen LogP contribution in [0.4, 0.5) is 0 Å². The molecule has 0 bridgehead atoms. The lowest BCUT2D eigenvalue weighted by Gasteiger charge is -2.31. The molecule has 0 aromatic carbocycles. The van der Waals surface area contributed by atoms with E-state index in [0.717, 1.165) is 16.9 Å². The van der Waals surface area contributed by atoms with E-state index in [1.807, 2.05) is 29.7 Å². The smallest absolute Gasteiger partial charge is 0.290 e. The SMILES string of the molecule is Cc1cccn2c(CC(=O)N3CCOC(c4nn[nH]n4)C3)cnc12.O=CO. The average molecular weight is 373 g/mol. The van der Waals surface area contributed by atoms with Crippen LogP contribution >= 0.6 is 0 Å². The summed E-state index contributed by atoms with van der Waals surface area (Å²) in [5.41, 5.74) is 2.84. The van der Waals surface area contributed by atoms with Gasteiger partial charge in [-0.2, -0.15) is 5.21 Å². The predicted octanol–water partition coefficient (Wildman–Crippen LogP) is -0.000780. The van der Waals surface area contributed by atoms with Gasteiger partial charge in [0.15, 0.2) is 0 Å². The number of carbonyl (C=O) groups is 2. The standard InChI is InChI=1S/C15H17N7O2.CH2O2/c1-10-3-2-4-22-11(8-16-15(10)22)7-13(23)21-5-6-24-12(9-21)14-17-19-20-18-14;2-1-3/h2-4,8,12H,5-7,9H2,1H3,(H,17,18,19,20);1H,(H,2,3). The average Bonchev–Trinajstić information content (AvgIpc) is 3.34. The van der Waals surface area contributed by atoms with E-state index in [9.17, 15) is 4.79 Å². The molecule has 1 aliphatic rings. The van der Waals surface area contributed by atoms with Gasteiger partial charge in [-0.1, -0.05) is 11.3 Å². The molecule has 11 heteroatoms. The van der Waals surface area contributed by atoms with Crippen molar-refractivity contribution in [3.8, 4) is 0 Å². The Morgan fingerprint density at radius 1 is 1.52 bits per heavy atom. The number of aromatic nitrogens is 6. The number of morpholine rings is 1. The molecule has 1 fully saturated rings. The summed E-state index contributed by atoms with van der Waals surface area (Å²) in [6, 6.07) is 3.96. The van der Waals surface area contributed by atoms with E-state index in [1.165, 1.54) is 0 Å². The molecule has 11 nitrogen and oxygen atoms in total. The summed E-state index contributed by atoms with van der Waals surface area (Å²) in [6.07, 6.45) is 3.64. The molecule has 0 radical (unpaired) electrons. The molecule has 1 aliphatic heterocycles. The van der Waals surface area contributed by atoms with Crippen LogP contribution in [-0.4, -0.2) is 72.1 Å². The first-order chi connectivity index (χ1) is 13.1. The Kier molecular flexibility index (Phi) is 5.71. The molecule has 0 spiro atoms. The van der Waals surface area contributed by atoms with Crippen molar-refractivity contribution in [1.29, 1.82) is 0 Å². The number of aryl methyl sites for hydroxylation is 1. The predicted molar refractivity (Wildman–Crippen MR) is 91.8 cm³/mol. The van der Waals surface area contributed by atoms with E-state index < -0.39 is 0 Å². The molecule has 1 amide bonds. The van der Waals surface area contributed by atoms with E-state index >= 15 is 0 Å². The number of pyridine rings is 1. The number of nitrogens with zero attached hydrogens (tertiary/aromatic N) is 6. The van der Waals surface area contributed by atoms with Crippen LogP contribution in [0.3, 0.4) is 0 Å². The molecule has 142 valence electrons. The van der Waals surface area contributed by atoms with Gasteiger partial charge < -0.3 is 19.1 Å². The number of fused-ring (bicyclic) bond motifs is 1. The van der Waals surface area contributed by atoms with Crippen LogP contribution < -0.4 is 0 Å². The Hall–Kier alpha value is -3.34. The van der Waals surface area contributed by atoms with Crippen molar-refractivity contribution in [3.63, 3.8) is 0 Å². The van der Waals surface area contributed by atoms with Crippen molar-refractivity contribution in [2.24, 2.45) is 0 Å². The highest BCUT2D eigenvalue weighted by Gasteiger charge is 2.28. The van der Waals surface area contributed by atoms with E-state index in [0.29, 0.717) is 31.9 Å². The molecule has 1 atom stereocenters. The van der Waals surface area contributed by atoms with Gasteiger partial charge in [0.25, 0.3) is 6.47 Å². The highest BCUT2D eigenvalue weighted by atomic mass is 16.5. The Bertz CT molecular complexity index is 909. The molecule has 4 rings (SSSR count). The van der Waals surface area contributed by atoms with Crippen LogP contribution in [0.25, 0.3) is 5.65 Å². The van der Waals surface area contributed by atoms with E-state index in [1.54, 1.807) is 11.1 Å². The number of hydrogen-bond acceptors (Lipinski definition) is 7. The third kappa shape index (κ3) is 4.08. The number of ether oxygens (including phenoxy) is 1. The molecule has 3 aromatic heterocycles. The lowest BCUT2D eigenvalue weighted by atomic mass is 10.2. The first-order valence-electron chi connectivity index (χ1n) is 8.26. The Morgan fingerprint density at radius 2 is 2.33 bits per heavy atom. The molecule has 0 saturated carbocycles. The van der Waals surface area contributed by atoms with Gasteiger partial charge in [0, 0.05) is 18.9 Å². The third-order valence-corrected chi connectivity index (χ3v) is 4.21. The first kappa shape index (κ1) is 18.5. The van der Waals surface area contributed by atoms with Crippen LogP contribution in [0, 0.1) is 6.92 Å². The maximum absolute atomic E-state index is 12.7. The van der Waals surface area contributed by atoms with Gasteiger partial charge in [-0.25, -0.2) is 4.98 Å². The van der Waals surface area contributed by atoms with Crippen molar-refractivity contribution >= 4 is 18.0 Å². The fourth-order valence-corrected chi connectivity index (χ4v) is 2.94. The Morgan fingerprint density at radius 3 is 3.07 bits per heavy atom. The van der Waals surface area contributed by atoms with E-state index in [2.05, 4.69) is 25.6 Å². The van der Waals surface area contributed by atoms with Gasteiger partial charge in [0.2, 0.25) is 11.7 Å². The number of aromatic amines is 1. The Labute approximate surface area is 154 Å². The van der Waals surface area contributed by atoms with Crippen LogP contribution in [0.15, 0.2) is 24.5 Å². The molecular weight excluding hydrogens is 354 g/mol. The number of hydrogen-bond donors (Lipinski definition) is 2. The molecule has 27 heavy (non-hydrogen) atoms. The second kappa shape index (κ2) is 8.36. The summed E-state index contributed by atoms with van der Waals surface area (Å²) in [5.74, 6) is 0.507. The minimum Gasteiger partial charge on any atom is -0.483 e. The molecule has 3 aromatic rings. The quantitative estimate of drug-likeness (QED) is 0.612. The van der Waals surface area contributed by atoms with Gasteiger partial charge >= 0.3 is 0 Å². The fourth-order valence-electron chi connectivity index (χ4n) is 2.94. The highest BCUT2D eigenvalue weighted by molar-refractivity contribution is 5.78. The number of amides is 1. The molecule has 1 unspecified atom stereocenters. The zero-order valence-electron chi connectivity index (χ0n) is 14.6. The van der Waals surface area contributed by atoms with Gasteiger partial charge in [-0.15, -0.1) is 10.2 Å². The minimum atomic E-state index is -0.342. The second-order valence-electron chi connectivity index (χ2n) is 5.89. The van der Waals surface area contributed by atoms with E-state index in [-0.39, 0.29) is 18.5 Å².